The Morgan fingerprint density at radius 2 is 2.30 bits per heavy atom. The van der Waals surface area contributed by atoms with Crippen LogP contribution in [-0.4, -0.2) is 9.97 Å². The van der Waals surface area contributed by atoms with Crippen molar-refractivity contribution in [3.05, 3.63) is 16.6 Å². The molecule has 0 aliphatic rings. The van der Waals surface area contributed by atoms with Gasteiger partial charge in [0.15, 0.2) is 4.73 Å². The first-order chi connectivity index (χ1) is 4.50. The van der Waals surface area contributed by atoms with E-state index in [1.807, 2.05) is 0 Å². The number of rotatable bonds is 1. The van der Waals surface area contributed by atoms with Crippen LogP contribution in [0.5, 0.6) is 0 Å². The lowest BCUT2D eigenvalue weighted by Gasteiger charge is -2.04. The van der Waals surface area contributed by atoms with Crippen LogP contribution in [0.25, 0.3) is 0 Å². The number of aromatic amines is 1. The van der Waals surface area contributed by atoms with Crippen molar-refractivity contribution in [3.8, 4) is 0 Å². The highest BCUT2D eigenvalue weighted by Gasteiger charge is 2.26. The molecule has 10 heavy (non-hydrogen) atoms. The molecule has 2 nitrogen and oxygen atoms in total. The molecule has 1 aromatic rings. The molecule has 0 saturated carbocycles. The fraction of sp³-hybridized carbons (Fsp3) is 0.400. The monoisotopic (exact) mass is 210 g/mol. The van der Waals surface area contributed by atoms with Crippen molar-refractivity contribution < 1.29 is 8.78 Å². The highest BCUT2D eigenvalue weighted by atomic mass is 79.9. The molecule has 0 saturated heterocycles. The summed E-state index contributed by atoms with van der Waals surface area (Å²) in [6, 6.07) is 0. The summed E-state index contributed by atoms with van der Waals surface area (Å²) in [5.41, 5.74) is -0.181. The second-order valence-electron chi connectivity index (χ2n) is 1.98. The summed E-state index contributed by atoms with van der Waals surface area (Å²) in [6.07, 6.45) is 1.10. The van der Waals surface area contributed by atoms with E-state index in [0.717, 1.165) is 13.1 Å². The molecule has 1 rings (SSSR count). The van der Waals surface area contributed by atoms with E-state index in [1.165, 1.54) is 0 Å². The zero-order chi connectivity index (χ0) is 7.78. The third-order valence-electron chi connectivity index (χ3n) is 1.02. The van der Waals surface area contributed by atoms with E-state index in [-0.39, 0.29) is 5.69 Å². The van der Waals surface area contributed by atoms with Gasteiger partial charge in [-0.3, -0.25) is 0 Å². The van der Waals surface area contributed by atoms with Crippen LogP contribution in [0.1, 0.15) is 12.6 Å². The highest BCUT2D eigenvalue weighted by molar-refractivity contribution is 9.10. The topological polar surface area (TPSA) is 28.7 Å². The zero-order valence-corrected chi connectivity index (χ0v) is 6.74. The summed E-state index contributed by atoms with van der Waals surface area (Å²) in [5, 5.41) is 0. The Balaban J connectivity index is 2.96. The molecule has 56 valence electrons. The predicted octanol–water partition coefficient (Wildman–Crippen LogP) is 2.28. The van der Waals surface area contributed by atoms with Crippen LogP contribution in [0, 0.1) is 0 Å². The van der Waals surface area contributed by atoms with Crippen LogP contribution in [0.4, 0.5) is 8.78 Å². The lowest BCUT2D eigenvalue weighted by Crippen LogP contribution is -2.06. The molecule has 0 radical (unpaired) electrons. The van der Waals surface area contributed by atoms with E-state index in [4.69, 9.17) is 0 Å². The van der Waals surface area contributed by atoms with Crippen molar-refractivity contribution in [2.75, 3.05) is 0 Å². The number of alkyl halides is 2. The molecule has 0 bridgehead atoms. The predicted molar refractivity (Wildman–Crippen MR) is 35.9 cm³/mol. The van der Waals surface area contributed by atoms with Gasteiger partial charge in [-0.05, 0) is 15.9 Å². The maximum Gasteiger partial charge on any atom is 0.286 e. The van der Waals surface area contributed by atoms with E-state index in [0.29, 0.717) is 4.73 Å². The standard InChI is InChI=1S/C5H5BrF2N2/c1-5(7,8)3-2-9-4(6)10-3/h2H,1H3,(H,9,10). The average Bonchev–Trinajstić information content (AvgIpc) is 2.11. The molecule has 0 aromatic carbocycles. The summed E-state index contributed by atoms with van der Waals surface area (Å²) >= 11 is 2.92. The number of hydrogen-bond donors (Lipinski definition) is 1. The normalized spacial score (nSPS) is 12.0. The Labute approximate surface area is 64.8 Å². The van der Waals surface area contributed by atoms with Gasteiger partial charge < -0.3 is 4.98 Å². The molecule has 0 fully saturated rings. The number of nitrogens with zero attached hydrogens (tertiary/aromatic N) is 1. The Morgan fingerprint density at radius 1 is 1.70 bits per heavy atom. The summed E-state index contributed by atoms with van der Waals surface area (Å²) in [4.78, 5) is 5.94. The van der Waals surface area contributed by atoms with Gasteiger partial charge in [0, 0.05) is 6.92 Å². The Hall–Kier alpha value is -0.450. The van der Waals surface area contributed by atoms with E-state index in [1.54, 1.807) is 0 Å². The fourth-order valence-electron chi connectivity index (χ4n) is 0.520. The minimum absolute atomic E-state index is 0.181. The molecule has 1 heterocycles. The number of aromatic nitrogens is 2. The van der Waals surface area contributed by atoms with Gasteiger partial charge in [-0.2, -0.15) is 8.78 Å². The van der Waals surface area contributed by atoms with Crippen LogP contribution in [0.3, 0.4) is 0 Å². The Morgan fingerprint density at radius 3 is 2.50 bits per heavy atom. The summed E-state index contributed by atoms with van der Waals surface area (Å²) < 4.78 is 25.1. The molecule has 0 aliphatic carbocycles. The fourth-order valence-corrected chi connectivity index (χ4v) is 0.836. The van der Waals surface area contributed by atoms with Crippen molar-refractivity contribution in [3.63, 3.8) is 0 Å². The zero-order valence-electron chi connectivity index (χ0n) is 5.16. The minimum atomic E-state index is -2.83. The first-order valence-electron chi connectivity index (χ1n) is 2.59. The second-order valence-corrected chi connectivity index (χ2v) is 2.73. The third kappa shape index (κ3) is 1.53. The van der Waals surface area contributed by atoms with Gasteiger partial charge in [0.25, 0.3) is 5.92 Å². The number of hydrogen-bond acceptors (Lipinski definition) is 1. The third-order valence-corrected chi connectivity index (χ3v) is 1.42. The first-order valence-corrected chi connectivity index (χ1v) is 3.38. The molecule has 5 heteroatoms. The summed E-state index contributed by atoms with van der Waals surface area (Å²) in [6.45, 7) is 0.812. The van der Waals surface area contributed by atoms with Crippen LogP contribution in [0.2, 0.25) is 0 Å². The molecular weight excluding hydrogens is 206 g/mol. The quantitative estimate of drug-likeness (QED) is 0.758. The van der Waals surface area contributed by atoms with Crippen LogP contribution >= 0.6 is 15.9 Å². The molecule has 1 N–H and O–H groups in total. The molecular formula is C5H5BrF2N2. The molecule has 0 amide bonds. The summed E-state index contributed by atoms with van der Waals surface area (Å²) in [7, 11) is 0. The average molecular weight is 211 g/mol. The maximum atomic E-state index is 12.4. The number of H-pyrrole nitrogens is 1. The van der Waals surface area contributed by atoms with Gasteiger partial charge in [-0.1, -0.05) is 0 Å². The van der Waals surface area contributed by atoms with Crippen molar-refractivity contribution in [1.82, 2.24) is 9.97 Å². The molecule has 0 spiro atoms. The minimum Gasteiger partial charge on any atom is -0.331 e. The molecule has 0 unspecified atom stereocenters. The van der Waals surface area contributed by atoms with Crippen molar-refractivity contribution in [2.24, 2.45) is 0 Å². The molecule has 0 atom stereocenters. The van der Waals surface area contributed by atoms with Crippen molar-refractivity contribution >= 4 is 15.9 Å². The van der Waals surface area contributed by atoms with E-state index >= 15 is 0 Å². The highest BCUT2D eigenvalue weighted by Crippen LogP contribution is 2.25. The number of halogens is 3. The summed E-state index contributed by atoms with van der Waals surface area (Å²) in [5.74, 6) is -2.83. The van der Waals surface area contributed by atoms with Crippen LogP contribution < -0.4 is 0 Å². The van der Waals surface area contributed by atoms with Gasteiger partial charge >= 0.3 is 0 Å². The lowest BCUT2D eigenvalue weighted by molar-refractivity contribution is 0.0131. The molecule has 1 aromatic heterocycles. The SMILES string of the molecule is CC(F)(F)c1cnc(Br)[nH]1. The first kappa shape index (κ1) is 7.65. The van der Waals surface area contributed by atoms with Gasteiger partial charge in [0.1, 0.15) is 5.69 Å². The smallest absolute Gasteiger partial charge is 0.286 e. The van der Waals surface area contributed by atoms with Gasteiger partial charge in [0.05, 0.1) is 6.20 Å². The maximum absolute atomic E-state index is 12.4. The Kier molecular flexibility index (Phi) is 1.76. The van der Waals surface area contributed by atoms with E-state index in [2.05, 4.69) is 25.9 Å². The van der Waals surface area contributed by atoms with E-state index < -0.39 is 5.92 Å². The second kappa shape index (κ2) is 2.30. The van der Waals surface area contributed by atoms with Gasteiger partial charge in [-0.15, -0.1) is 0 Å². The number of imidazole rings is 1. The van der Waals surface area contributed by atoms with Crippen molar-refractivity contribution in [2.45, 2.75) is 12.8 Å². The van der Waals surface area contributed by atoms with Gasteiger partial charge in [0.2, 0.25) is 0 Å². The van der Waals surface area contributed by atoms with Crippen LogP contribution in [-0.2, 0) is 5.92 Å². The lowest BCUT2D eigenvalue weighted by atomic mass is 10.3. The number of nitrogens with one attached hydrogen (secondary N) is 1. The largest absolute Gasteiger partial charge is 0.331 e. The Bertz CT molecular complexity index is 228. The van der Waals surface area contributed by atoms with E-state index in [9.17, 15) is 8.78 Å². The van der Waals surface area contributed by atoms with Crippen LogP contribution in [0.15, 0.2) is 10.9 Å². The van der Waals surface area contributed by atoms with Gasteiger partial charge in [-0.25, -0.2) is 4.98 Å². The molecule has 0 aliphatic heterocycles. The van der Waals surface area contributed by atoms with Crippen molar-refractivity contribution in [1.29, 1.82) is 0 Å².